The summed E-state index contributed by atoms with van der Waals surface area (Å²) in [6, 6.07) is 7.59. The zero-order chi connectivity index (χ0) is 14.1. The van der Waals surface area contributed by atoms with Gasteiger partial charge in [0.25, 0.3) is 0 Å². The van der Waals surface area contributed by atoms with Gasteiger partial charge in [0.05, 0.1) is 24.8 Å². The minimum atomic E-state index is -0.0883. The van der Waals surface area contributed by atoms with Crippen LogP contribution in [0.1, 0.15) is 5.56 Å². The second kappa shape index (κ2) is 5.43. The Morgan fingerprint density at radius 3 is 2.60 bits per heavy atom. The van der Waals surface area contributed by atoms with Crippen LogP contribution in [0.5, 0.6) is 5.75 Å². The van der Waals surface area contributed by atoms with Crippen molar-refractivity contribution in [1.29, 1.82) is 0 Å². The van der Waals surface area contributed by atoms with Crippen molar-refractivity contribution in [3.63, 3.8) is 0 Å². The molecule has 5 heteroatoms. The number of methoxy groups -OCH3 is 1. The zero-order valence-electron chi connectivity index (χ0n) is 10.8. The van der Waals surface area contributed by atoms with E-state index in [1.54, 1.807) is 13.2 Å². The van der Waals surface area contributed by atoms with Crippen LogP contribution in [0.2, 0.25) is 0 Å². The van der Waals surface area contributed by atoms with Crippen LogP contribution >= 0.6 is 23.2 Å². The van der Waals surface area contributed by atoms with E-state index in [9.17, 15) is 0 Å². The number of rotatable bonds is 2. The van der Waals surface area contributed by atoms with E-state index in [0.717, 1.165) is 17.0 Å². The molecule has 3 nitrogen and oxygen atoms in total. The third-order valence-electron chi connectivity index (χ3n) is 3.30. The monoisotopic (exact) mass is 306 g/mol. The minimum Gasteiger partial charge on any atom is -0.497 e. The van der Waals surface area contributed by atoms with E-state index in [4.69, 9.17) is 27.9 Å². The first kappa shape index (κ1) is 13.4. The quantitative estimate of drug-likeness (QED) is 0.816. The van der Waals surface area contributed by atoms with Crippen molar-refractivity contribution in [2.45, 2.75) is 6.04 Å². The van der Waals surface area contributed by atoms with Gasteiger partial charge in [-0.3, -0.25) is 4.99 Å². The van der Waals surface area contributed by atoms with Gasteiger partial charge in [-0.15, -0.1) is 0 Å². The van der Waals surface area contributed by atoms with Crippen molar-refractivity contribution in [3.05, 3.63) is 48.1 Å². The highest BCUT2D eigenvalue weighted by molar-refractivity contribution is 6.69. The Labute approximate surface area is 127 Å². The molecular formula is C15H12Cl2N2O. The molecular weight excluding hydrogens is 295 g/mol. The van der Waals surface area contributed by atoms with Crippen molar-refractivity contribution in [1.82, 2.24) is 0 Å². The number of hydrogen-bond donors (Lipinski definition) is 0. The van der Waals surface area contributed by atoms with Crippen molar-refractivity contribution in [2.75, 3.05) is 7.11 Å². The first-order valence-corrected chi connectivity index (χ1v) is 6.95. The molecule has 2 aliphatic heterocycles. The molecule has 0 saturated heterocycles. The van der Waals surface area contributed by atoms with Gasteiger partial charge in [0.15, 0.2) is 0 Å². The molecule has 1 aromatic carbocycles. The number of aliphatic imine (C=N–C) groups is 2. The number of halogens is 2. The second-order valence-electron chi connectivity index (χ2n) is 4.54. The van der Waals surface area contributed by atoms with Gasteiger partial charge in [-0.05, 0) is 36.4 Å². The summed E-state index contributed by atoms with van der Waals surface area (Å²) in [7, 11) is 1.64. The van der Waals surface area contributed by atoms with E-state index >= 15 is 0 Å². The van der Waals surface area contributed by atoms with Gasteiger partial charge in [0.1, 0.15) is 16.1 Å². The summed E-state index contributed by atoms with van der Waals surface area (Å²) in [5.74, 6) is 0.793. The summed E-state index contributed by atoms with van der Waals surface area (Å²) in [4.78, 5) is 8.85. The van der Waals surface area contributed by atoms with Gasteiger partial charge in [0, 0.05) is 5.56 Å². The highest BCUT2D eigenvalue weighted by Crippen LogP contribution is 2.31. The zero-order valence-corrected chi connectivity index (χ0v) is 12.3. The fourth-order valence-electron chi connectivity index (χ4n) is 2.24. The lowest BCUT2D eigenvalue weighted by atomic mass is 9.94. The summed E-state index contributed by atoms with van der Waals surface area (Å²) in [5, 5.41) is 1.02. The lowest BCUT2D eigenvalue weighted by Gasteiger charge is -2.25. The van der Waals surface area contributed by atoms with Crippen molar-refractivity contribution in [2.24, 2.45) is 15.9 Å². The first-order chi connectivity index (χ1) is 9.67. The number of benzene rings is 1. The Balaban J connectivity index is 1.95. The molecule has 2 aliphatic rings. The van der Waals surface area contributed by atoms with E-state index < -0.39 is 0 Å². The normalized spacial score (nSPS) is 24.4. The topological polar surface area (TPSA) is 34.0 Å². The van der Waals surface area contributed by atoms with Crippen molar-refractivity contribution >= 4 is 39.2 Å². The van der Waals surface area contributed by atoms with E-state index in [-0.39, 0.29) is 12.0 Å². The highest BCUT2D eigenvalue weighted by atomic mass is 35.5. The second-order valence-corrected chi connectivity index (χ2v) is 5.32. The molecule has 1 aromatic rings. The van der Waals surface area contributed by atoms with Crippen molar-refractivity contribution < 1.29 is 4.74 Å². The molecule has 0 N–H and O–H groups in total. The van der Waals surface area contributed by atoms with Crippen LogP contribution in [0.3, 0.4) is 0 Å². The summed E-state index contributed by atoms with van der Waals surface area (Å²) in [5.41, 5.74) is 1.78. The molecule has 0 aliphatic carbocycles. The molecule has 2 unspecified atom stereocenters. The summed E-state index contributed by atoms with van der Waals surface area (Å²) in [6.07, 6.45) is 5.68. The fraction of sp³-hybridized carbons (Fsp3) is 0.200. The average Bonchev–Trinajstić information content (AvgIpc) is 2.46. The SMILES string of the molecule is COc1ccc(C2=CC3N=C(Cl)C=CC3C(Cl)=N2)cc1. The van der Waals surface area contributed by atoms with Crippen LogP contribution < -0.4 is 4.74 Å². The van der Waals surface area contributed by atoms with Crippen LogP contribution in [0.4, 0.5) is 0 Å². The summed E-state index contributed by atoms with van der Waals surface area (Å²) < 4.78 is 5.15. The van der Waals surface area contributed by atoms with Crippen molar-refractivity contribution in [3.8, 4) is 5.75 Å². The molecule has 3 rings (SSSR count). The number of dihydropyridines is 1. The highest BCUT2D eigenvalue weighted by Gasteiger charge is 2.28. The predicted molar refractivity (Wildman–Crippen MR) is 84.0 cm³/mol. The number of allylic oxidation sites excluding steroid dienone is 1. The fourth-order valence-corrected chi connectivity index (χ4v) is 2.71. The van der Waals surface area contributed by atoms with Crippen LogP contribution in [-0.4, -0.2) is 23.5 Å². The Hall–Kier alpha value is -1.58. The van der Waals surface area contributed by atoms with Crippen LogP contribution in [0, 0.1) is 5.92 Å². The molecule has 0 amide bonds. The van der Waals surface area contributed by atoms with E-state index in [2.05, 4.69) is 9.98 Å². The van der Waals surface area contributed by atoms with Gasteiger partial charge < -0.3 is 4.74 Å². The molecule has 0 radical (unpaired) electrons. The van der Waals surface area contributed by atoms with E-state index in [0.29, 0.717) is 10.3 Å². The molecule has 0 bridgehead atoms. The molecule has 0 fully saturated rings. The van der Waals surface area contributed by atoms with Gasteiger partial charge >= 0.3 is 0 Å². The third kappa shape index (κ3) is 2.51. The minimum absolute atomic E-state index is 0.0128. The molecule has 0 spiro atoms. The summed E-state index contributed by atoms with van der Waals surface area (Å²) in [6.45, 7) is 0. The maximum Gasteiger partial charge on any atom is 0.123 e. The maximum absolute atomic E-state index is 6.26. The van der Waals surface area contributed by atoms with Crippen LogP contribution in [0.15, 0.2) is 52.5 Å². The van der Waals surface area contributed by atoms with Gasteiger partial charge in [0.2, 0.25) is 0 Å². The lowest BCUT2D eigenvalue weighted by molar-refractivity contribution is 0.415. The first-order valence-electron chi connectivity index (χ1n) is 6.19. The lowest BCUT2D eigenvalue weighted by Crippen LogP contribution is -2.27. The Morgan fingerprint density at radius 1 is 1.15 bits per heavy atom. The third-order valence-corrected chi connectivity index (χ3v) is 3.86. The average molecular weight is 307 g/mol. The van der Waals surface area contributed by atoms with Gasteiger partial charge in [-0.2, -0.15) is 0 Å². The number of ether oxygens (including phenoxy) is 1. The summed E-state index contributed by atoms with van der Waals surface area (Å²) >= 11 is 12.2. The standard InChI is InChI=1S/C15H12Cl2N2O/c1-20-10-4-2-9(3-5-10)12-8-13-11(15(17)19-12)6-7-14(16)18-13/h2-8,11,13H,1H3. The Bertz CT molecular complexity index is 644. The largest absolute Gasteiger partial charge is 0.497 e. The molecule has 2 heterocycles. The Morgan fingerprint density at radius 2 is 1.90 bits per heavy atom. The molecule has 20 heavy (non-hydrogen) atoms. The molecule has 2 atom stereocenters. The molecule has 0 saturated carbocycles. The smallest absolute Gasteiger partial charge is 0.123 e. The Kier molecular flexibility index (Phi) is 3.64. The van der Waals surface area contributed by atoms with Gasteiger partial charge in [-0.25, -0.2) is 4.99 Å². The predicted octanol–water partition coefficient (Wildman–Crippen LogP) is 3.88. The van der Waals surface area contributed by atoms with Crippen LogP contribution in [0.25, 0.3) is 5.70 Å². The molecule has 0 aromatic heterocycles. The number of hydrogen-bond acceptors (Lipinski definition) is 3. The van der Waals surface area contributed by atoms with Gasteiger partial charge in [-0.1, -0.05) is 29.3 Å². The number of fused-ring (bicyclic) bond motifs is 1. The molecule has 102 valence electrons. The maximum atomic E-state index is 6.26. The number of nitrogens with zero attached hydrogens (tertiary/aromatic N) is 2. The van der Waals surface area contributed by atoms with E-state index in [1.165, 1.54) is 0 Å². The van der Waals surface area contributed by atoms with Crippen LogP contribution in [-0.2, 0) is 0 Å². The van der Waals surface area contributed by atoms with E-state index in [1.807, 2.05) is 36.4 Å².